The first kappa shape index (κ1) is 27.7. The lowest BCUT2D eigenvalue weighted by Crippen LogP contribution is -2.01. The highest BCUT2D eigenvalue weighted by Crippen LogP contribution is 2.47. The molecule has 4 heterocycles. The maximum absolute atomic E-state index is 5.06. The third-order valence-corrected chi connectivity index (χ3v) is 10.8. The molecule has 4 aromatic heterocycles. The Hall–Kier alpha value is -7.11. The number of benzene rings is 8. The third kappa shape index (κ3) is 3.69. The quantitative estimate of drug-likeness (QED) is 0.176. The van der Waals surface area contributed by atoms with E-state index in [2.05, 4.69) is 112 Å². The summed E-state index contributed by atoms with van der Waals surface area (Å²) in [5, 5.41) is 10.2. The molecule has 0 N–H and O–H groups in total. The van der Waals surface area contributed by atoms with Crippen molar-refractivity contribution in [1.82, 2.24) is 23.9 Å². The van der Waals surface area contributed by atoms with Crippen molar-refractivity contribution in [1.29, 1.82) is 0 Å². The second-order valence-electron chi connectivity index (χ2n) is 13.6. The van der Waals surface area contributed by atoms with Crippen molar-refractivity contribution < 1.29 is 0 Å². The topological polar surface area (TPSA) is 48.0 Å². The molecule has 0 atom stereocenters. The molecule has 0 fully saturated rings. The normalized spacial score (nSPS) is 12.2. The van der Waals surface area contributed by atoms with E-state index in [1.54, 1.807) is 0 Å². The number of para-hydroxylation sites is 1. The summed E-state index contributed by atoms with van der Waals surface area (Å²) in [5.74, 6) is 1.94. The van der Waals surface area contributed by atoms with Crippen LogP contribution >= 0.6 is 0 Å². The van der Waals surface area contributed by atoms with Gasteiger partial charge in [0.15, 0.2) is 17.5 Å². The predicted octanol–water partition coefficient (Wildman–Crippen LogP) is 11.7. The molecule has 0 spiro atoms. The van der Waals surface area contributed by atoms with Crippen molar-refractivity contribution in [3.63, 3.8) is 0 Å². The molecule has 0 saturated carbocycles. The Bertz CT molecular complexity index is 3280. The average molecular weight is 662 g/mol. The molecule has 0 bridgehead atoms. The minimum absolute atomic E-state index is 0.639. The molecule has 0 radical (unpaired) electrons. The van der Waals surface area contributed by atoms with E-state index in [-0.39, 0.29) is 0 Å². The highest BCUT2D eigenvalue weighted by Gasteiger charge is 2.25. The van der Waals surface area contributed by atoms with Crippen molar-refractivity contribution in [3.8, 4) is 39.9 Å². The van der Waals surface area contributed by atoms with Gasteiger partial charge < -0.3 is 8.97 Å². The number of fused-ring (bicyclic) bond motifs is 4. The zero-order chi connectivity index (χ0) is 33.9. The molecule has 0 unspecified atom stereocenters. The summed E-state index contributed by atoms with van der Waals surface area (Å²) < 4.78 is 4.94. The highest BCUT2D eigenvalue weighted by molar-refractivity contribution is 6.37. The summed E-state index contributed by atoms with van der Waals surface area (Å²) >= 11 is 0. The molecular weight excluding hydrogens is 635 g/mol. The average Bonchev–Trinajstić information content (AvgIpc) is 3.69. The highest BCUT2D eigenvalue weighted by atomic mass is 15.0. The van der Waals surface area contributed by atoms with Crippen LogP contribution in [0.15, 0.2) is 164 Å². The lowest BCUT2D eigenvalue weighted by atomic mass is 9.97. The zero-order valence-corrected chi connectivity index (χ0v) is 27.8. The fourth-order valence-corrected chi connectivity index (χ4v) is 8.65. The molecule has 0 aliphatic heterocycles. The lowest BCUT2D eigenvalue weighted by molar-refractivity contribution is 1.07. The summed E-state index contributed by atoms with van der Waals surface area (Å²) in [6.45, 7) is 0. The van der Waals surface area contributed by atoms with Crippen LogP contribution in [-0.2, 0) is 0 Å². The van der Waals surface area contributed by atoms with E-state index >= 15 is 0 Å². The number of nitrogens with zero attached hydrogens (tertiary/aromatic N) is 5. The standard InChI is InChI=1S/C47H27N5/c1-3-11-30(12-4-1)45-48-46(31-13-5-2-6-14-31)50-47(49-45)32-16-9-17-33(27-32)51-38-25-23-29-22-21-28-15-10-20-37-40(28)41(29)42(38)43-39(51)26-24-35-34-18-7-8-19-36(34)52(37)44(35)43/h1-27H. The van der Waals surface area contributed by atoms with Crippen molar-refractivity contribution in [3.05, 3.63) is 164 Å². The molecule has 12 aromatic rings. The first-order valence-electron chi connectivity index (χ1n) is 17.6. The van der Waals surface area contributed by atoms with Gasteiger partial charge in [0.2, 0.25) is 0 Å². The molecule has 0 aliphatic rings. The van der Waals surface area contributed by atoms with E-state index in [0.717, 1.165) is 22.4 Å². The van der Waals surface area contributed by atoms with E-state index in [1.807, 2.05) is 60.7 Å². The van der Waals surface area contributed by atoms with Gasteiger partial charge >= 0.3 is 0 Å². The Morgan fingerprint density at radius 3 is 1.69 bits per heavy atom. The predicted molar refractivity (Wildman–Crippen MR) is 214 cm³/mol. The third-order valence-electron chi connectivity index (χ3n) is 10.8. The molecule has 0 amide bonds. The minimum Gasteiger partial charge on any atom is -0.309 e. The van der Waals surface area contributed by atoms with E-state index in [1.165, 1.54) is 70.7 Å². The molecular formula is C47H27N5. The molecule has 8 aromatic carbocycles. The van der Waals surface area contributed by atoms with Gasteiger partial charge in [0.05, 0.1) is 27.6 Å². The number of aromatic nitrogens is 5. The summed E-state index contributed by atoms with van der Waals surface area (Å²) in [4.78, 5) is 15.0. The lowest BCUT2D eigenvalue weighted by Gasteiger charge is -2.13. The molecule has 5 heteroatoms. The first-order chi connectivity index (χ1) is 25.8. The van der Waals surface area contributed by atoms with E-state index in [9.17, 15) is 0 Å². The number of hydrogen-bond acceptors (Lipinski definition) is 3. The van der Waals surface area contributed by atoms with Crippen molar-refractivity contribution in [2.75, 3.05) is 0 Å². The zero-order valence-electron chi connectivity index (χ0n) is 27.8. The van der Waals surface area contributed by atoms with Gasteiger partial charge in [0.1, 0.15) is 0 Å². The van der Waals surface area contributed by atoms with Crippen LogP contribution in [0.4, 0.5) is 0 Å². The first-order valence-corrected chi connectivity index (χ1v) is 17.6. The van der Waals surface area contributed by atoms with Gasteiger partial charge in [-0.15, -0.1) is 0 Å². The summed E-state index contributed by atoms with van der Waals surface area (Å²) in [6, 6.07) is 58.2. The molecule has 240 valence electrons. The van der Waals surface area contributed by atoms with Gasteiger partial charge in [0, 0.05) is 54.7 Å². The summed E-state index contributed by atoms with van der Waals surface area (Å²) in [7, 11) is 0. The van der Waals surface area contributed by atoms with Crippen LogP contribution in [0.3, 0.4) is 0 Å². The molecule has 0 saturated heterocycles. The van der Waals surface area contributed by atoms with Crippen molar-refractivity contribution in [2.24, 2.45) is 0 Å². The molecule has 12 rings (SSSR count). The molecule has 0 aliphatic carbocycles. The largest absolute Gasteiger partial charge is 0.309 e. The van der Waals surface area contributed by atoms with Crippen molar-refractivity contribution in [2.45, 2.75) is 0 Å². The fraction of sp³-hybridized carbons (Fsp3) is 0. The minimum atomic E-state index is 0.639. The SMILES string of the molecule is c1ccc(-c2nc(-c3ccccc3)nc(-c3cccc(-n4c5ccc6ccc7cccc8c7c6c5c5c4ccc4c6ccccc6n8c45)c3)n2)cc1. The van der Waals surface area contributed by atoms with Gasteiger partial charge in [-0.05, 0) is 47.2 Å². The number of rotatable bonds is 4. The van der Waals surface area contributed by atoms with Crippen LogP contribution in [0.25, 0.3) is 111 Å². The van der Waals surface area contributed by atoms with E-state index < -0.39 is 0 Å². The van der Waals surface area contributed by atoms with Crippen molar-refractivity contribution >= 4 is 70.7 Å². The van der Waals surface area contributed by atoms with Gasteiger partial charge in [0.25, 0.3) is 0 Å². The fourth-order valence-electron chi connectivity index (χ4n) is 8.65. The Morgan fingerprint density at radius 2 is 0.923 bits per heavy atom. The van der Waals surface area contributed by atoms with Gasteiger partial charge in [-0.1, -0.05) is 127 Å². The maximum atomic E-state index is 5.06. The summed E-state index contributed by atoms with van der Waals surface area (Å²) in [6.07, 6.45) is 0. The Morgan fingerprint density at radius 1 is 0.346 bits per heavy atom. The number of hydrogen-bond donors (Lipinski definition) is 0. The van der Waals surface area contributed by atoms with E-state index in [4.69, 9.17) is 15.0 Å². The van der Waals surface area contributed by atoms with Crippen LogP contribution < -0.4 is 0 Å². The van der Waals surface area contributed by atoms with Gasteiger partial charge in [-0.3, -0.25) is 0 Å². The Kier molecular flexibility index (Phi) is 5.44. The second-order valence-corrected chi connectivity index (χ2v) is 13.6. The van der Waals surface area contributed by atoms with Crippen LogP contribution in [0.1, 0.15) is 0 Å². The molecule has 52 heavy (non-hydrogen) atoms. The van der Waals surface area contributed by atoms with Crippen LogP contribution in [0.5, 0.6) is 0 Å². The Balaban J connectivity index is 1.18. The Labute approximate surface area is 297 Å². The van der Waals surface area contributed by atoms with Crippen LogP contribution in [-0.4, -0.2) is 23.9 Å². The smallest absolute Gasteiger partial charge is 0.164 e. The van der Waals surface area contributed by atoms with Gasteiger partial charge in [-0.2, -0.15) is 0 Å². The summed E-state index contributed by atoms with van der Waals surface area (Å²) in [5.41, 5.74) is 9.96. The van der Waals surface area contributed by atoms with Crippen LogP contribution in [0.2, 0.25) is 0 Å². The van der Waals surface area contributed by atoms with Gasteiger partial charge in [-0.25, -0.2) is 15.0 Å². The second kappa shape index (κ2) is 10.2. The molecule has 5 nitrogen and oxygen atoms in total. The van der Waals surface area contributed by atoms with E-state index in [0.29, 0.717) is 17.5 Å². The maximum Gasteiger partial charge on any atom is 0.164 e. The monoisotopic (exact) mass is 661 g/mol. The van der Waals surface area contributed by atoms with Crippen LogP contribution in [0, 0.1) is 0 Å².